The summed E-state index contributed by atoms with van der Waals surface area (Å²) in [4.78, 5) is 30.2. The lowest BCUT2D eigenvalue weighted by Gasteiger charge is -2.61. The van der Waals surface area contributed by atoms with Gasteiger partial charge in [0.2, 0.25) is 5.91 Å². The maximum absolute atomic E-state index is 13.5. The number of piperidine rings is 2. The highest BCUT2D eigenvalue weighted by Crippen LogP contribution is 2.61. The number of nitrogens with zero attached hydrogens (tertiary/aromatic N) is 4. The first-order valence-corrected chi connectivity index (χ1v) is 23.6. The van der Waals surface area contributed by atoms with Crippen LogP contribution in [0.4, 0.5) is 0 Å². The van der Waals surface area contributed by atoms with Crippen LogP contribution >= 0.6 is 0 Å². The Bertz CT molecular complexity index is 1820. The average molecular weight is 687 g/mol. The molecule has 264 valence electrons. The lowest BCUT2D eigenvalue weighted by molar-refractivity contribution is -0.152. The third-order valence-corrected chi connectivity index (χ3v) is 16.3. The molecule has 2 saturated carbocycles. The molecule has 4 bridgehead atoms. The van der Waals surface area contributed by atoms with Crippen LogP contribution in [0, 0.1) is 35.5 Å². The molecule has 6 aliphatic rings. The minimum Gasteiger partial charge on any atom is -0.333 e. The van der Waals surface area contributed by atoms with Gasteiger partial charge in [0.1, 0.15) is 8.07 Å². The van der Waals surface area contributed by atoms with E-state index in [4.69, 9.17) is 9.97 Å². The summed E-state index contributed by atoms with van der Waals surface area (Å²) in [7, 11) is -1.85. The van der Waals surface area contributed by atoms with Crippen molar-refractivity contribution in [3.63, 3.8) is 0 Å². The van der Waals surface area contributed by atoms with Gasteiger partial charge in [0.15, 0.2) is 0 Å². The number of aromatic nitrogens is 2. The van der Waals surface area contributed by atoms with Crippen LogP contribution in [-0.2, 0) is 35.3 Å². The number of likely N-dealkylation sites (tertiary alicyclic amines) is 2. The highest BCUT2D eigenvalue weighted by molar-refractivity contribution is 6.89. The van der Waals surface area contributed by atoms with Crippen molar-refractivity contribution in [2.75, 3.05) is 13.1 Å². The van der Waals surface area contributed by atoms with Gasteiger partial charge in [-0.25, -0.2) is 0 Å². The number of amides is 1. The number of carbonyl (C=O) groups is 1. The summed E-state index contributed by atoms with van der Waals surface area (Å²) < 4.78 is 0. The number of rotatable bonds is 4. The van der Waals surface area contributed by atoms with Crippen molar-refractivity contribution >= 4 is 19.3 Å². The monoisotopic (exact) mass is 686 g/mol. The summed E-state index contributed by atoms with van der Waals surface area (Å²) in [6, 6.07) is 18.6. The predicted molar refractivity (Wildman–Crippen MR) is 205 cm³/mol. The number of fused-ring (bicyclic) bond motifs is 2. The molecule has 1 aromatic carbocycles. The first-order valence-electron chi connectivity index (χ1n) is 20.1. The zero-order valence-corrected chi connectivity index (χ0v) is 32.5. The second-order valence-electron chi connectivity index (χ2n) is 18.8. The van der Waals surface area contributed by atoms with E-state index in [0.717, 1.165) is 56.9 Å². The minimum absolute atomic E-state index is 0.0643. The van der Waals surface area contributed by atoms with Gasteiger partial charge < -0.3 is 4.90 Å². The van der Waals surface area contributed by atoms with Crippen LogP contribution in [0.25, 0.3) is 11.3 Å². The van der Waals surface area contributed by atoms with Gasteiger partial charge in [0.25, 0.3) is 0 Å². The van der Waals surface area contributed by atoms with Crippen LogP contribution in [0.2, 0.25) is 19.6 Å². The van der Waals surface area contributed by atoms with Gasteiger partial charge in [-0.3, -0.25) is 19.7 Å². The summed E-state index contributed by atoms with van der Waals surface area (Å²) in [5.41, 5.74) is 9.15. The Morgan fingerprint density at radius 3 is 2.14 bits per heavy atom. The second kappa shape index (κ2) is 11.8. The topological polar surface area (TPSA) is 49.3 Å². The maximum Gasteiger partial charge on any atom is 0.220 e. The van der Waals surface area contributed by atoms with Gasteiger partial charge in [0, 0.05) is 47.8 Å². The van der Waals surface area contributed by atoms with E-state index in [1.54, 1.807) is 0 Å². The van der Waals surface area contributed by atoms with E-state index in [0.29, 0.717) is 29.6 Å². The fraction of sp³-hybridized carbons (Fsp3) is 0.614. The molecule has 8 atom stereocenters. The standard InChI is InChI=1S/C44H58N4OSi/c1-28-20-32-22-40-37(43(25-28)35(32)14-10-18-47(43)27-31-12-8-7-9-13-31)16-17-39(45-40)34-24-38-41(46-42(34)50(4,5)6)23-33-21-29(2)26-44(38)36(33)15-11-19-48(44)30(3)49/h7-9,12-13,16-17,24,28-29,32-33,35-36H,10-11,14-15,18-23,25-27H2,1-6H3/t28-,29-,32+,33+,35-,36-,43-,44-/m1/s1. The van der Waals surface area contributed by atoms with Gasteiger partial charge >= 0.3 is 0 Å². The number of carbonyl (C=O) groups excluding carboxylic acids is 1. The van der Waals surface area contributed by atoms with E-state index in [1.165, 1.54) is 77.5 Å². The zero-order valence-electron chi connectivity index (χ0n) is 31.5. The molecule has 4 aliphatic carbocycles. The smallest absolute Gasteiger partial charge is 0.220 e. The first-order chi connectivity index (χ1) is 24.0. The van der Waals surface area contributed by atoms with Crippen LogP contribution in [-0.4, -0.2) is 46.8 Å². The van der Waals surface area contributed by atoms with Crippen molar-refractivity contribution < 1.29 is 4.79 Å². The number of hydrogen-bond donors (Lipinski definition) is 0. The highest BCUT2D eigenvalue weighted by Gasteiger charge is 2.59. The fourth-order valence-corrected chi connectivity index (χ4v) is 14.5. The summed E-state index contributed by atoms with van der Waals surface area (Å²) >= 11 is 0. The molecule has 0 unspecified atom stereocenters. The molecule has 1 amide bonds. The lowest BCUT2D eigenvalue weighted by Crippen LogP contribution is -2.63. The molecular weight excluding hydrogens is 629 g/mol. The Morgan fingerprint density at radius 1 is 0.820 bits per heavy atom. The summed E-state index contributed by atoms with van der Waals surface area (Å²) in [5, 5.41) is 1.30. The average Bonchev–Trinajstić information content (AvgIpc) is 3.07. The molecular formula is C44H58N4OSi. The molecule has 2 aromatic heterocycles. The van der Waals surface area contributed by atoms with Crippen LogP contribution < -0.4 is 5.32 Å². The Hall–Kier alpha value is -2.83. The molecule has 4 heterocycles. The van der Waals surface area contributed by atoms with Gasteiger partial charge in [-0.1, -0.05) is 69.9 Å². The van der Waals surface area contributed by atoms with E-state index in [-0.39, 0.29) is 17.0 Å². The largest absolute Gasteiger partial charge is 0.333 e. The second-order valence-corrected chi connectivity index (χ2v) is 23.7. The van der Waals surface area contributed by atoms with Crippen molar-refractivity contribution in [1.82, 2.24) is 19.8 Å². The fourth-order valence-electron chi connectivity index (χ4n) is 13.1. The van der Waals surface area contributed by atoms with Crippen LogP contribution in [0.1, 0.15) is 100 Å². The molecule has 5 nitrogen and oxygen atoms in total. The van der Waals surface area contributed by atoms with Crippen molar-refractivity contribution in [1.29, 1.82) is 0 Å². The maximum atomic E-state index is 13.5. The summed E-state index contributed by atoms with van der Waals surface area (Å²) in [5.74, 6) is 4.11. The third kappa shape index (κ3) is 4.89. The van der Waals surface area contributed by atoms with Crippen molar-refractivity contribution in [3.05, 3.63) is 76.6 Å². The van der Waals surface area contributed by atoms with Crippen molar-refractivity contribution in [2.24, 2.45) is 35.5 Å². The van der Waals surface area contributed by atoms with Crippen LogP contribution in [0.15, 0.2) is 48.5 Å². The van der Waals surface area contributed by atoms with E-state index in [1.807, 2.05) is 6.92 Å². The molecule has 0 radical (unpaired) electrons. The zero-order chi connectivity index (χ0) is 34.6. The molecule has 2 aliphatic heterocycles. The van der Waals surface area contributed by atoms with Gasteiger partial charge in [-0.2, -0.15) is 0 Å². The Morgan fingerprint density at radius 2 is 1.46 bits per heavy atom. The lowest BCUT2D eigenvalue weighted by atomic mass is 9.53. The summed E-state index contributed by atoms with van der Waals surface area (Å²) in [6.07, 6.45) is 12.0. The van der Waals surface area contributed by atoms with E-state index in [2.05, 4.69) is 91.8 Å². The van der Waals surface area contributed by atoms with Gasteiger partial charge in [-0.15, -0.1) is 0 Å². The molecule has 3 aromatic rings. The third-order valence-electron chi connectivity index (χ3n) is 14.5. The predicted octanol–water partition coefficient (Wildman–Crippen LogP) is 8.45. The molecule has 4 fully saturated rings. The van der Waals surface area contributed by atoms with E-state index < -0.39 is 8.07 Å². The van der Waals surface area contributed by atoms with E-state index >= 15 is 0 Å². The van der Waals surface area contributed by atoms with Crippen molar-refractivity contribution in [3.8, 4) is 11.3 Å². The minimum atomic E-state index is -1.85. The summed E-state index contributed by atoms with van der Waals surface area (Å²) in [6.45, 7) is 17.2. The Balaban J connectivity index is 1.21. The number of pyridine rings is 2. The number of benzene rings is 1. The normalized spacial score (nSPS) is 34.6. The Kier molecular flexibility index (Phi) is 7.83. The van der Waals surface area contributed by atoms with Gasteiger partial charge in [-0.05, 0) is 130 Å². The van der Waals surface area contributed by atoms with Crippen LogP contribution in [0.3, 0.4) is 0 Å². The molecule has 0 spiro atoms. The Labute approximate surface area is 301 Å². The van der Waals surface area contributed by atoms with Crippen molar-refractivity contribution in [2.45, 2.75) is 122 Å². The highest BCUT2D eigenvalue weighted by atomic mass is 28.3. The molecule has 9 rings (SSSR count). The van der Waals surface area contributed by atoms with Crippen LogP contribution in [0.5, 0.6) is 0 Å². The quantitative estimate of drug-likeness (QED) is 0.259. The first kappa shape index (κ1) is 33.0. The van der Waals surface area contributed by atoms with Gasteiger partial charge in [0.05, 0.1) is 16.8 Å². The SMILES string of the molecule is CC(=O)N1CCC[C@@H]2[C@@H]3Cc4nc([Si](C)(C)C)c(-c5ccc6c(n5)C[C@@H]5C[C@@H](C)C[C@@]67[C@@H]5CCCN7Cc5ccccc5)cc4[C@@]21C[C@H](C)C3. The molecule has 6 heteroatoms. The van der Waals surface area contributed by atoms with E-state index in [9.17, 15) is 4.79 Å². The molecule has 0 N–H and O–H groups in total. The molecule has 50 heavy (non-hydrogen) atoms. The molecule has 2 saturated heterocycles. The number of hydrogen-bond acceptors (Lipinski definition) is 4.